The molecule has 0 aliphatic carbocycles. The number of ether oxygens (including phenoxy) is 2. The first-order valence-electron chi connectivity index (χ1n) is 9.60. The van der Waals surface area contributed by atoms with Crippen molar-refractivity contribution >= 4 is 17.5 Å². The molecule has 0 bridgehead atoms. The lowest BCUT2D eigenvalue weighted by Gasteiger charge is -2.30. The number of aryl methyl sites for hydroxylation is 1. The summed E-state index contributed by atoms with van der Waals surface area (Å²) in [5, 5.41) is 11.6. The molecule has 1 aliphatic heterocycles. The van der Waals surface area contributed by atoms with Crippen LogP contribution in [0.5, 0.6) is 11.5 Å². The second-order valence-corrected chi connectivity index (χ2v) is 7.16. The van der Waals surface area contributed by atoms with Gasteiger partial charge in [0.05, 0.1) is 20.4 Å². The SMILES string of the molecule is COc1cc2c(cc1OC)CN(c1cnnc(Nc3cccc(C)c3C)n1)CC2. The third-order valence-electron chi connectivity index (χ3n) is 5.44. The van der Waals surface area contributed by atoms with Gasteiger partial charge in [0.25, 0.3) is 0 Å². The van der Waals surface area contributed by atoms with E-state index in [1.807, 2.05) is 18.2 Å². The molecule has 1 N–H and O–H groups in total. The highest BCUT2D eigenvalue weighted by Crippen LogP contribution is 2.34. The van der Waals surface area contributed by atoms with Crippen LogP contribution in [0.25, 0.3) is 0 Å². The maximum Gasteiger partial charge on any atom is 0.249 e. The molecule has 7 heteroatoms. The van der Waals surface area contributed by atoms with Crippen molar-refractivity contribution in [3.8, 4) is 11.5 Å². The van der Waals surface area contributed by atoms with Gasteiger partial charge < -0.3 is 19.7 Å². The zero-order chi connectivity index (χ0) is 20.4. The molecular weight excluding hydrogens is 366 g/mol. The Hall–Kier alpha value is -3.35. The van der Waals surface area contributed by atoms with Crippen molar-refractivity contribution in [1.29, 1.82) is 0 Å². The van der Waals surface area contributed by atoms with Crippen molar-refractivity contribution in [2.45, 2.75) is 26.8 Å². The lowest BCUT2D eigenvalue weighted by Crippen LogP contribution is -2.31. The number of hydrogen-bond donors (Lipinski definition) is 1. The quantitative estimate of drug-likeness (QED) is 0.709. The number of rotatable bonds is 5. The predicted molar refractivity (Wildman–Crippen MR) is 113 cm³/mol. The lowest BCUT2D eigenvalue weighted by molar-refractivity contribution is 0.353. The number of aromatic nitrogens is 3. The average molecular weight is 391 g/mol. The van der Waals surface area contributed by atoms with Crippen LogP contribution in [0.2, 0.25) is 0 Å². The minimum absolute atomic E-state index is 0.495. The van der Waals surface area contributed by atoms with E-state index < -0.39 is 0 Å². The van der Waals surface area contributed by atoms with E-state index in [0.717, 1.165) is 42.5 Å². The van der Waals surface area contributed by atoms with Crippen LogP contribution in [0, 0.1) is 13.8 Å². The van der Waals surface area contributed by atoms with E-state index in [-0.39, 0.29) is 0 Å². The first kappa shape index (κ1) is 19.0. The number of benzene rings is 2. The fraction of sp³-hybridized carbons (Fsp3) is 0.318. The van der Waals surface area contributed by atoms with E-state index >= 15 is 0 Å². The number of nitrogens with zero attached hydrogens (tertiary/aromatic N) is 4. The van der Waals surface area contributed by atoms with Crippen LogP contribution >= 0.6 is 0 Å². The molecule has 0 atom stereocenters. The smallest absolute Gasteiger partial charge is 0.249 e. The first-order valence-corrected chi connectivity index (χ1v) is 9.60. The summed E-state index contributed by atoms with van der Waals surface area (Å²) in [5.41, 5.74) is 5.86. The largest absolute Gasteiger partial charge is 0.493 e. The molecule has 29 heavy (non-hydrogen) atoms. The fourth-order valence-corrected chi connectivity index (χ4v) is 3.59. The Bertz CT molecular complexity index is 1040. The number of fused-ring (bicyclic) bond motifs is 1. The zero-order valence-electron chi connectivity index (χ0n) is 17.2. The Morgan fingerprint density at radius 3 is 2.55 bits per heavy atom. The molecule has 0 saturated heterocycles. The summed E-state index contributed by atoms with van der Waals surface area (Å²) >= 11 is 0. The molecule has 2 aromatic carbocycles. The minimum Gasteiger partial charge on any atom is -0.493 e. The second kappa shape index (κ2) is 7.95. The fourth-order valence-electron chi connectivity index (χ4n) is 3.59. The minimum atomic E-state index is 0.495. The zero-order valence-corrected chi connectivity index (χ0v) is 17.2. The molecular formula is C22H25N5O2. The van der Waals surface area contributed by atoms with Crippen molar-refractivity contribution in [3.05, 3.63) is 58.8 Å². The summed E-state index contributed by atoms with van der Waals surface area (Å²) in [6, 6.07) is 10.2. The van der Waals surface area contributed by atoms with Gasteiger partial charge >= 0.3 is 0 Å². The highest BCUT2D eigenvalue weighted by molar-refractivity contribution is 5.61. The molecule has 0 saturated carbocycles. The Balaban J connectivity index is 1.57. The molecule has 7 nitrogen and oxygen atoms in total. The van der Waals surface area contributed by atoms with Gasteiger partial charge in [0.15, 0.2) is 17.3 Å². The molecule has 0 spiro atoms. The number of nitrogens with one attached hydrogen (secondary N) is 1. The van der Waals surface area contributed by atoms with E-state index in [1.54, 1.807) is 20.4 Å². The van der Waals surface area contributed by atoms with E-state index in [2.05, 4.69) is 46.4 Å². The van der Waals surface area contributed by atoms with Crippen LogP contribution in [0.15, 0.2) is 36.5 Å². The highest BCUT2D eigenvalue weighted by atomic mass is 16.5. The molecule has 0 unspecified atom stereocenters. The van der Waals surface area contributed by atoms with Gasteiger partial charge in [-0.1, -0.05) is 12.1 Å². The average Bonchev–Trinajstić information content (AvgIpc) is 2.75. The van der Waals surface area contributed by atoms with Crippen molar-refractivity contribution in [2.75, 3.05) is 31.0 Å². The van der Waals surface area contributed by atoms with E-state index in [0.29, 0.717) is 5.95 Å². The molecule has 0 radical (unpaired) electrons. The molecule has 0 amide bonds. The Morgan fingerprint density at radius 1 is 1.03 bits per heavy atom. The van der Waals surface area contributed by atoms with E-state index in [4.69, 9.17) is 14.5 Å². The van der Waals surface area contributed by atoms with Crippen LogP contribution in [-0.2, 0) is 13.0 Å². The molecule has 0 fully saturated rings. The molecule has 1 aromatic heterocycles. The van der Waals surface area contributed by atoms with Gasteiger partial charge in [-0.3, -0.25) is 0 Å². The molecule has 4 rings (SSSR count). The summed E-state index contributed by atoms with van der Waals surface area (Å²) in [7, 11) is 3.32. The van der Waals surface area contributed by atoms with Crippen LogP contribution in [0.3, 0.4) is 0 Å². The van der Waals surface area contributed by atoms with Crippen molar-refractivity contribution in [3.63, 3.8) is 0 Å². The van der Waals surface area contributed by atoms with Crippen LogP contribution in [0.4, 0.5) is 17.5 Å². The standard InChI is InChI=1S/C22H25N5O2/c1-14-6-5-7-18(15(14)2)24-22-25-21(12-23-26-22)27-9-8-16-10-19(28-3)20(29-4)11-17(16)13-27/h5-7,10-12H,8-9,13H2,1-4H3,(H,24,25,26). The molecule has 150 valence electrons. The predicted octanol–water partition coefficient (Wildman–Crippen LogP) is 3.81. The maximum absolute atomic E-state index is 5.46. The van der Waals surface area contributed by atoms with Crippen LogP contribution in [-0.4, -0.2) is 35.9 Å². The van der Waals surface area contributed by atoms with Gasteiger partial charge in [-0.25, -0.2) is 0 Å². The summed E-state index contributed by atoms with van der Waals surface area (Å²) in [5.74, 6) is 2.80. The number of methoxy groups -OCH3 is 2. The highest BCUT2D eigenvalue weighted by Gasteiger charge is 2.21. The van der Waals surface area contributed by atoms with E-state index in [1.165, 1.54) is 22.3 Å². The topological polar surface area (TPSA) is 72.4 Å². The third kappa shape index (κ3) is 3.81. The monoisotopic (exact) mass is 391 g/mol. The normalized spacial score (nSPS) is 13.0. The summed E-state index contributed by atoms with van der Waals surface area (Å²) in [6.45, 7) is 5.75. The number of hydrogen-bond acceptors (Lipinski definition) is 7. The first-order chi connectivity index (χ1) is 14.1. The van der Waals surface area contributed by atoms with Gasteiger partial charge in [-0.05, 0) is 60.7 Å². The summed E-state index contributed by atoms with van der Waals surface area (Å²) < 4.78 is 10.9. The molecule has 2 heterocycles. The third-order valence-corrected chi connectivity index (χ3v) is 5.44. The van der Waals surface area contributed by atoms with Crippen molar-refractivity contribution in [2.24, 2.45) is 0 Å². The van der Waals surface area contributed by atoms with E-state index in [9.17, 15) is 0 Å². The van der Waals surface area contributed by atoms with Gasteiger partial charge in [0.2, 0.25) is 5.95 Å². The van der Waals surface area contributed by atoms with Gasteiger partial charge in [0.1, 0.15) is 0 Å². The Labute approximate surface area is 170 Å². The van der Waals surface area contributed by atoms with Gasteiger partial charge in [-0.15, -0.1) is 5.10 Å². The lowest BCUT2D eigenvalue weighted by atomic mass is 9.99. The Kier molecular flexibility index (Phi) is 5.20. The number of anilines is 3. The van der Waals surface area contributed by atoms with Crippen LogP contribution in [0.1, 0.15) is 22.3 Å². The van der Waals surface area contributed by atoms with Crippen molar-refractivity contribution < 1.29 is 9.47 Å². The summed E-state index contributed by atoms with van der Waals surface area (Å²) in [6.07, 6.45) is 2.61. The Morgan fingerprint density at radius 2 is 1.79 bits per heavy atom. The molecule has 1 aliphatic rings. The molecule has 3 aromatic rings. The van der Waals surface area contributed by atoms with Crippen LogP contribution < -0.4 is 19.7 Å². The van der Waals surface area contributed by atoms with Crippen molar-refractivity contribution in [1.82, 2.24) is 15.2 Å². The second-order valence-electron chi connectivity index (χ2n) is 7.16. The maximum atomic E-state index is 5.46. The summed E-state index contributed by atoms with van der Waals surface area (Å²) in [4.78, 5) is 6.90. The van der Waals surface area contributed by atoms with Gasteiger partial charge in [0, 0.05) is 18.8 Å². The van der Waals surface area contributed by atoms with Gasteiger partial charge in [-0.2, -0.15) is 10.1 Å².